The fraction of sp³-hybridized carbons (Fsp3) is 0.381. The van der Waals surface area contributed by atoms with Crippen LogP contribution in [0.2, 0.25) is 5.02 Å². The van der Waals surface area contributed by atoms with Crippen LogP contribution < -0.4 is 0 Å². The highest BCUT2D eigenvalue weighted by Crippen LogP contribution is 2.34. The van der Waals surface area contributed by atoms with Crippen LogP contribution >= 0.6 is 22.9 Å². The van der Waals surface area contributed by atoms with Crippen LogP contribution in [0, 0.1) is 6.92 Å². The number of halogens is 1. The van der Waals surface area contributed by atoms with Gasteiger partial charge in [-0.2, -0.15) is 4.31 Å². The van der Waals surface area contributed by atoms with Gasteiger partial charge >= 0.3 is 0 Å². The number of aromatic nitrogens is 2. The van der Waals surface area contributed by atoms with E-state index in [4.69, 9.17) is 16.6 Å². The van der Waals surface area contributed by atoms with Crippen molar-refractivity contribution in [2.45, 2.75) is 38.5 Å². The molecule has 0 N–H and O–H groups in total. The SMILES string of the molecule is CCCCN(CC)S(=O)(=O)c1cc(-c2nc(-c3cccc(Cl)c3)cs2)n(C)c1C. The number of thiazole rings is 1. The first-order valence-electron chi connectivity index (χ1n) is 9.67. The van der Waals surface area contributed by atoms with E-state index in [9.17, 15) is 8.42 Å². The lowest BCUT2D eigenvalue weighted by Crippen LogP contribution is -2.32. The van der Waals surface area contributed by atoms with E-state index in [0.29, 0.717) is 23.0 Å². The molecular weight excluding hydrogens is 426 g/mol. The third-order valence-corrected chi connectivity index (χ3v) is 8.25. The average molecular weight is 452 g/mol. The highest BCUT2D eigenvalue weighted by atomic mass is 35.5. The molecule has 0 unspecified atom stereocenters. The first kappa shape index (κ1) is 22.0. The van der Waals surface area contributed by atoms with E-state index < -0.39 is 10.0 Å². The summed E-state index contributed by atoms with van der Waals surface area (Å²) in [4.78, 5) is 5.09. The van der Waals surface area contributed by atoms with Crippen LogP contribution in [-0.4, -0.2) is 35.4 Å². The predicted molar refractivity (Wildman–Crippen MR) is 121 cm³/mol. The zero-order valence-electron chi connectivity index (χ0n) is 17.1. The molecule has 2 heterocycles. The van der Waals surface area contributed by atoms with Gasteiger partial charge in [0.25, 0.3) is 0 Å². The smallest absolute Gasteiger partial charge is 0.244 e. The average Bonchev–Trinajstić information content (AvgIpc) is 3.28. The summed E-state index contributed by atoms with van der Waals surface area (Å²) in [6.45, 7) is 6.78. The van der Waals surface area contributed by atoms with Gasteiger partial charge < -0.3 is 4.57 Å². The van der Waals surface area contributed by atoms with E-state index >= 15 is 0 Å². The maximum Gasteiger partial charge on any atom is 0.244 e. The molecule has 1 aromatic carbocycles. The molecule has 0 saturated heterocycles. The molecule has 2 aromatic heterocycles. The van der Waals surface area contributed by atoms with Gasteiger partial charge in [-0.15, -0.1) is 11.3 Å². The number of rotatable bonds is 8. The number of benzene rings is 1. The van der Waals surface area contributed by atoms with Gasteiger partial charge in [0.2, 0.25) is 10.0 Å². The van der Waals surface area contributed by atoms with Crippen molar-refractivity contribution in [3.63, 3.8) is 0 Å². The lowest BCUT2D eigenvalue weighted by atomic mass is 10.2. The lowest BCUT2D eigenvalue weighted by Gasteiger charge is -2.20. The van der Waals surface area contributed by atoms with Gasteiger partial charge in [0, 0.05) is 41.8 Å². The highest BCUT2D eigenvalue weighted by molar-refractivity contribution is 7.89. The Kier molecular flexibility index (Phi) is 6.83. The minimum atomic E-state index is -3.54. The van der Waals surface area contributed by atoms with Crippen molar-refractivity contribution in [2.75, 3.05) is 13.1 Å². The zero-order valence-corrected chi connectivity index (χ0v) is 19.5. The predicted octanol–water partition coefficient (Wildman–Crippen LogP) is 5.59. The Morgan fingerprint density at radius 3 is 2.66 bits per heavy atom. The Morgan fingerprint density at radius 2 is 2.00 bits per heavy atom. The Balaban J connectivity index is 1.99. The molecule has 0 bridgehead atoms. The first-order chi connectivity index (χ1) is 13.8. The van der Waals surface area contributed by atoms with Crippen molar-refractivity contribution in [1.82, 2.24) is 13.9 Å². The molecule has 156 valence electrons. The summed E-state index contributed by atoms with van der Waals surface area (Å²) in [6, 6.07) is 9.31. The summed E-state index contributed by atoms with van der Waals surface area (Å²) in [5.74, 6) is 0. The Bertz CT molecular complexity index is 1100. The largest absolute Gasteiger partial charge is 0.345 e. The zero-order chi connectivity index (χ0) is 21.2. The van der Waals surface area contributed by atoms with Crippen molar-refractivity contribution < 1.29 is 8.42 Å². The van der Waals surface area contributed by atoms with Gasteiger partial charge in [0.1, 0.15) is 9.90 Å². The van der Waals surface area contributed by atoms with Gasteiger partial charge in [-0.05, 0) is 31.5 Å². The van der Waals surface area contributed by atoms with Crippen LogP contribution in [-0.2, 0) is 17.1 Å². The van der Waals surface area contributed by atoms with Gasteiger partial charge in [-0.25, -0.2) is 13.4 Å². The fourth-order valence-electron chi connectivity index (χ4n) is 3.23. The van der Waals surface area contributed by atoms with Gasteiger partial charge in [-0.3, -0.25) is 0 Å². The van der Waals surface area contributed by atoms with E-state index in [0.717, 1.165) is 40.5 Å². The Hall–Kier alpha value is -1.67. The van der Waals surface area contributed by atoms with Crippen LogP contribution in [0.1, 0.15) is 32.4 Å². The Labute approximate surface area is 182 Å². The molecule has 0 saturated carbocycles. The van der Waals surface area contributed by atoms with Gasteiger partial charge in [0.05, 0.1) is 11.4 Å². The summed E-state index contributed by atoms with van der Waals surface area (Å²) in [7, 11) is -1.66. The van der Waals surface area contributed by atoms with Crippen LogP contribution in [0.4, 0.5) is 0 Å². The number of unbranched alkanes of at least 4 members (excludes halogenated alkanes) is 1. The third-order valence-electron chi connectivity index (χ3n) is 5.06. The molecule has 5 nitrogen and oxygen atoms in total. The molecule has 8 heteroatoms. The molecule has 0 aliphatic carbocycles. The molecule has 0 aliphatic rings. The van der Waals surface area contributed by atoms with E-state index in [1.165, 1.54) is 11.3 Å². The van der Waals surface area contributed by atoms with Gasteiger partial charge in [0.15, 0.2) is 0 Å². The van der Waals surface area contributed by atoms with Crippen LogP contribution in [0.5, 0.6) is 0 Å². The van der Waals surface area contributed by atoms with Crippen LogP contribution in [0.15, 0.2) is 40.6 Å². The molecule has 3 rings (SSSR count). The van der Waals surface area contributed by atoms with Crippen molar-refractivity contribution in [3.8, 4) is 22.0 Å². The lowest BCUT2D eigenvalue weighted by molar-refractivity contribution is 0.418. The highest BCUT2D eigenvalue weighted by Gasteiger charge is 2.28. The summed E-state index contributed by atoms with van der Waals surface area (Å²) in [5.41, 5.74) is 3.28. The molecule has 29 heavy (non-hydrogen) atoms. The molecule has 0 radical (unpaired) electrons. The van der Waals surface area contributed by atoms with E-state index in [2.05, 4.69) is 6.92 Å². The molecule has 0 atom stereocenters. The van der Waals surface area contributed by atoms with Crippen molar-refractivity contribution in [1.29, 1.82) is 0 Å². The first-order valence-corrected chi connectivity index (χ1v) is 12.4. The second-order valence-electron chi connectivity index (χ2n) is 6.94. The summed E-state index contributed by atoms with van der Waals surface area (Å²) < 4.78 is 29.9. The van der Waals surface area contributed by atoms with Gasteiger partial charge in [-0.1, -0.05) is 44.0 Å². The van der Waals surface area contributed by atoms with E-state index in [1.807, 2.05) is 55.1 Å². The van der Waals surface area contributed by atoms with Crippen molar-refractivity contribution in [3.05, 3.63) is 46.4 Å². The minimum Gasteiger partial charge on any atom is -0.345 e. The summed E-state index contributed by atoms with van der Waals surface area (Å²) >= 11 is 7.59. The van der Waals surface area contributed by atoms with E-state index in [1.54, 1.807) is 10.4 Å². The number of hydrogen-bond acceptors (Lipinski definition) is 4. The molecular formula is C21H26ClN3O2S2. The maximum atomic E-state index is 13.2. The van der Waals surface area contributed by atoms with Crippen molar-refractivity contribution >= 4 is 33.0 Å². The quantitative estimate of drug-likeness (QED) is 0.448. The standard InChI is InChI=1S/C21H26ClN3O2S2/c1-5-7-11-25(6-2)29(26,27)20-13-19(24(4)15(20)3)21-23-18(14-28-21)16-9-8-10-17(22)12-16/h8-10,12-14H,5-7,11H2,1-4H3. The summed E-state index contributed by atoms with van der Waals surface area (Å²) in [6.07, 6.45) is 1.80. The second-order valence-corrected chi connectivity index (χ2v) is 10.1. The monoisotopic (exact) mass is 451 g/mol. The third kappa shape index (κ3) is 4.43. The van der Waals surface area contributed by atoms with Crippen LogP contribution in [0.3, 0.4) is 0 Å². The maximum absolute atomic E-state index is 13.2. The van der Waals surface area contributed by atoms with Crippen molar-refractivity contribution in [2.24, 2.45) is 7.05 Å². The normalized spacial score (nSPS) is 12.1. The molecule has 0 spiro atoms. The molecule has 0 aliphatic heterocycles. The van der Waals surface area contributed by atoms with Crippen LogP contribution in [0.25, 0.3) is 22.0 Å². The number of nitrogens with zero attached hydrogens (tertiary/aromatic N) is 3. The van der Waals surface area contributed by atoms with E-state index in [-0.39, 0.29) is 0 Å². The second kappa shape index (κ2) is 9.00. The molecule has 0 amide bonds. The topological polar surface area (TPSA) is 55.2 Å². The minimum absolute atomic E-state index is 0.354. The Morgan fingerprint density at radius 1 is 1.24 bits per heavy atom. The number of sulfonamides is 1. The molecule has 0 fully saturated rings. The number of hydrogen-bond donors (Lipinski definition) is 0. The fourth-order valence-corrected chi connectivity index (χ4v) is 6.06. The summed E-state index contributed by atoms with van der Waals surface area (Å²) in [5, 5.41) is 3.41. The molecule has 3 aromatic rings.